The monoisotopic (exact) mass is 155 g/mol. The zero-order chi connectivity index (χ0) is 8.69. The quantitative estimate of drug-likeness (QED) is 0.609. The van der Waals surface area contributed by atoms with Gasteiger partial charge in [-0.25, -0.2) is 0 Å². The molecule has 0 saturated carbocycles. The Kier molecular flexibility index (Phi) is 5.87. The van der Waals surface area contributed by atoms with Crippen molar-refractivity contribution < 1.29 is 4.74 Å². The molecule has 0 amide bonds. The Hall–Kier alpha value is -0.550. The van der Waals surface area contributed by atoms with E-state index in [9.17, 15) is 0 Å². The Labute approximate surface area is 69.2 Å². The molecule has 0 aliphatic carbocycles. The molecule has 11 heavy (non-hydrogen) atoms. The molecule has 0 N–H and O–H groups in total. The van der Waals surface area contributed by atoms with Gasteiger partial charge in [0.1, 0.15) is 0 Å². The molecule has 0 fully saturated rings. The van der Waals surface area contributed by atoms with Crippen LogP contribution in [0.15, 0.2) is 0 Å². The predicted octanol–water partition coefficient (Wildman–Crippen LogP) is 2.21. The second-order valence-electron chi connectivity index (χ2n) is 3.08. The van der Waals surface area contributed by atoms with E-state index in [2.05, 4.69) is 19.9 Å². The summed E-state index contributed by atoms with van der Waals surface area (Å²) < 4.78 is 5.32. The van der Waals surface area contributed by atoms with Gasteiger partial charge in [-0.15, -0.1) is 0 Å². The molecular formula is C9H17NO. The first-order valence-electron chi connectivity index (χ1n) is 4.18. The summed E-state index contributed by atoms with van der Waals surface area (Å²) in [5.41, 5.74) is 0. The third kappa shape index (κ3) is 5.87. The zero-order valence-electron chi connectivity index (χ0n) is 7.63. The highest BCUT2D eigenvalue weighted by molar-refractivity contribution is 4.77. The lowest BCUT2D eigenvalue weighted by molar-refractivity contribution is 0.0904. The highest BCUT2D eigenvalue weighted by Crippen LogP contribution is 2.02. The van der Waals surface area contributed by atoms with Crippen molar-refractivity contribution in [2.45, 2.75) is 27.2 Å². The minimum atomic E-state index is 0.0269. The first kappa shape index (κ1) is 10.4. The fourth-order valence-electron chi connectivity index (χ4n) is 0.601. The van der Waals surface area contributed by atoms with E-state index in [0.29, 0.717) is 12.5 Å². The standard InChI is InChI=1S/C9H17NO/c1-4-8(2)6-11-7-9(3)5-10/h8-9H,4,6-7H2,1-3H3. The van der Waals surface area contributed by atoms with Crippen LogP contribution in [0.4, 0.5) is 0 Å². The Balaban J connectivity index is 3.21. The molecule has 2 heteroatoms. The molecule has 0 heterocycles. The summed E-state index contributed by atoms with van der Waals surface area (Å²) in [6.45, 7) is 7.51. The minimum absolute atomic E-state index is 0.0269. The van der Waals surface area contributed by atoms with Crippen LogP contribution in [0.3, 0.4) is 0 Å². The average molecular weight is 155 g/mol. The Bertz CT molecular complexity index is 128. The fourth-order valence-corrected chi connectivity index (χ4v) is 0.601. The van der Waals surface area contributed by atoms with Crippen LogP contribution >= 0.6 is 0 Å². The lowest BCUT2D eigenvalue weighted by Gasteiger charge is -2.09. The third-order valence-electron chi connectivity index (χ3n) is 1.69. The van der Waals surface area contributed by atoms with Crippen LogP contribution in [-0.4, -0.2) is 13.2 Å². The molecule has 0 radical (unpaired) electrons. The van der Waals surface area contributed by atoms with E-state index < -0.39 is 0 Å². The maximum atomic E-state index is 8.43. The highest BCUT2D eigenvalue weighted by Gasteiger charge is 2.01. The van der Waals surface area contributed by atoms with Gasteiger partial charge in [-0.1, -0.05) is 20.3 Å². The van der Waals surface area contributed by atoms with Crippen LogP contribution in [0.5, 0.6) is 0 Å². The maximum Gasteiger partial charge on any atom is 0.0677 e. The SMILES string of the molecule is CCC(C)COCC(C)C#N. The molecule has 0 aromatic heterocycles. The van der Waals surface area contributed by atoms with Gasteiger partial charge in [-0.05, 0) is 12.8 Å². The Morgan fingerprint density at radius 2 is 2.00 bits per heavy atom. The van der Waals surface area contributed by atoms with Gasteiger partial charge in [0.2, 0.25) is 0 Å². The van der Waals surface area contributed by atoms with Gasteiger partial charge < -0.3 is 4.74 Å². The average Bonchev–Trinajstić information content (AvgIpc) is 2.04. The number of nitriles is 1. The highest BCUT2D eigenvalue weighted by atomic mass is 16.5. The molecule has 2 atom stereocenters. The summed E-state index contributed by atoms with van der Waals surface area (Å²) >= 11 is 0. The largest absolute Gasteiger partial charge is 0.380 e. The van der Waals surface area contributed by atoms with Gasteiger partial charge in [-0.3, -0.25) is 0 Å². The molecule has 2 nitrogen and oxygen atoms in total. The molecular weight excluding hydrogens is 138 g/mol. The topological polar surface area (TPSA) is 33.0 Å². The number of ether oxygens (including phenoxy) is 1. The normalized spacial score (nSPS) is 15.5. The lowest BCUT2D eigenvalue weighted by Crippen LogP contribution is -2.09. The van der Waals surface area contributed by atoms with Crippen molar-refractivity contribution >= 4 is 0 Å². The van der Waals surface area contributed by atoms with E-state index in [4.69, 9.17) is 10.00 Å². The molecule has 0 aliphatic rings. The van der Waals surface area contributed by atoms with Crippen LogP contribution in [0.2, 0.25) is 0 Å². The van der Waals surface area contributed by atoms with Crippen LogP contribution in [0, 0.1) is 23.2 Å². The Morgan fingerprint density at radius 1 is 1.36 bits per heavy atom. The van der Waals surface area contributed by atoms with E-state index in [1.54, 1.807) is 0 Å². The predicted molar refractivity (Wildman–Crippen MR) is 45.1 cm³/mol. The van der Waals surface area contributed by atoms with Gasteiger partial charge in [-0.2, -0.15) is 5.26 Å². The van der Waals surface area contributed by atoms with Gasteiger partial charge in [0.25, 0.3) is 0 Å². The van der Waals surface area contributed by atoms with E-state index in [1.165, 1.54) is 0 Å². The summed E-state index contributed by atoms with van der Waals surface area (Å²) in [6, 6.07) is 2.13. The van der Waals surface area contributed by atoms with Gasteiger partial charge in [0, 0.05) is 6.61 Å². The first-order valence-corrected chi connectivity index (χ1v) is 4.18. The molecule has 0 spiro atoms. The minimum Gasteiger partial charge on any atom is -0.380 e. The second-order valence-corrected chi connectivity index (χ2v) is 3.08. The number of nitrogens with zero attached hydrogens (tertiary/aromatic N) is 1. The van der Waals surface area contributed by atoms with Crippen molar-refractivity contribution in [2.75, 3.05) is 13.2 Å². The maximum absolute atomic E-state index is 8.43. The zero-order valence-corrected chi connectivity index (χ0v) is 7.63. The van der Waals surface area contributed by atoms with E-state index >= 15 is 0 Å². The first-order chi connectivity index (χ1) is 5.20. The van der Waals surface area contributed by atoms with Crippen LogP contribution in [-0.2, 0) is 4.74 Å². The van der Waals surface area contributed by atoms with Gasteiger partial charge in [0.15, 0.2) is 0 Å². The van der Waals surface area contributed by atoms with Crippen molar-refractivity contribution in [3.05, 3.63) is 0 Å². The molecule has 0 rings (SSSR count). The second kappa shape index (κ2) is 6.18. The number of hydrogen-bond acceptors (Lipinski definition) is 2. The van der Waals surface area contributed by atoms with Crippen LogP contribution in [0.25, 0.3) is 0 Å². The molecule has 0 aromatic rings. The van der Waals surface area contributed by atoms with Crippen molar-refractivity contribution in [1.29, 1.82) is 5.26 Å². The summed E-state index contributed by atoms with van der Waals surface area (Å²) in [7, 11) is 0. The number of hydrogen-bond donors (Lipinski definition) is 0. The number of rotatable bonds is 5. The fraction of sp³-hybridized carbons (Fsp3) is 0.889. The molecule has 2 unspecified atom stereocenters. The van der Waals surface area contributed by atoms with Crippen molar-refractivity contribution in [1.82, 2.24) is 0 Å². The van der Waals surface area contributed by atoms with E-state index in [1.807, 2.05) is 6.92 Å². The Morgan fingerprint density at radius 3 is 2.45 bits per heavy atom. The molecule has 64 valence electrons. The molecule has 0 saturated heterocycles. The summed E-state index contributed by atoms with van der Waals surface area (Å²) in [5.74, 6) is 0.639. The van der Waals surface area contributed by atoms with Gasteiger partial charge in [0.05, 0.1) is 18.6 Å². The van der Waals surface area contributed by atoms with Crippen molar-refractivity contribution in [3.8, 4) is 6.07 Å². The summed E-state index contributed by atoms with van der Waals surface area (Å²) in [5, 5.41) is 8.43. The van der Waals surface area contributed by atoms with E-state index in [-0.39, 0.29) is 5.92 Å². The molecule has 0 aliphatic heterocycles. The summed E-state index contributed by atoms with van der Waals surface area (Å²) in [4.78, 5) is 0. The third-order valence-corrected chi connectivity index (χ3v) is 1.69. The molecule has 0 bridgehead atoms. The lowest BCUT2D eigenvalue weighted by atomic mass is 10.1. The summed E-state index contributed by atoms with van der Waals surface area (Å²) in [6.07, 6.45) is 1.14. The van der Waals surface area contributed by atoms with E-state index in [0.717, 1.165) is 13.0 Å². The smallest absolute Gasteiger partial charge is 0.0677 e. The van der Waals surface area contributed by atoms with Crippen LogP contribution < -0.4 is 0 Å². The van der Waals surface area contributed by atoms with Crippen molar-refractivity contribution in [2.24, 2.45) is 11.8 Å². The van der Waals surface area contributed by atoms with Crippen molar-refractivity contribution in [3.63, 3.8) is 0 Å². The van der Waals surface area contributed by atoms with Crippen LogP contribution in [0.1, 0.15) is 27.2 Å². The molecule has 0 aromatic carbocycles. The van der Waals surface area contributed by atoms with Gasteiger partial charge >= 0.3 is 0 Å².